The highest BCUT2D eigenvalue weighted by Crippen LogP contribution is 2.47. The van der Waals surface area contributed by atoms with Gasteiger partial charge >= 0.3 is 0 Å². The minimum Gasteiger partial charge on any atom is -0.355 e. The molecule has 1 saturated carbocycles. The Hall–Kier alpha value is -1.55. The monoisotopic (exact) mass is 320 g/mol. The third-order valence-electron chi connectivity index (χ3n) is 4.60. The first-order valence-corrected chi connectivity index (χ1v) is 8.32. The molecule has 1 aromatic rings. The van der Waals surface area contributed by atoms with Crippen molar-refractivity contribution < 1.29 is 9.59 Å². The van der Waals surface area contributed by atoms with E-state index in [1.165, 1.54) is 0 Å². The number of nitrogens with one attached hydrogen (secondary N) is 1. The zero-order valence-electron chi connectivity index (χ0n) is 12.6. The fourth-order valence-electron chi connectivity index (χ4n) is 3.03. The molecule has 3 rings (SSSR count). The second-order valence-corrected chi connectivity index (χ2v) is 6.65. The van der Waals surface area contributed by atoms with Crippen LogP contribution in [0.1, 0.15) is 31.2 Å². The van der Waals surface area contributed by atoms with Crippen LogP contribution in [0.25, 0.3) is 0 Å². The van der Waals surface area contributed by atoms with Crippen LogP contribution in [0.5, 0.6) is 0 Å². The van der Waals surface area contributed by atoms with Gasteiger partial charge in [-0.15, -0.1) is 0 Å². The van der Waals surface area contributed by atoms with Crippen LogP contribution in [0.4, 0.5) is 0 Å². The standard InChI is InChI=1S/C17H21ClN2O2/c18-14-5-3-13(4-6-14)7-10-19-15(21)17(8-9-17)16(22)20-11-1-2-12-20/h3-6H,1-2,7-12H2,(H,19,21). The average Bonchev–Trinajstić information content (AvgIpc) is 3.16. The normalized spacial score (nSPS) is 19.0. The number of hydrogen-bond donors (Lipinski definition) is 1. The molecular weight excluding hydrogens is 300 g/mol. The second kappa shape index (κ2) is 6.29. The minimum atomic E-state index is -0.760. The van der Waals surface area contributed by atoms with Crippen LogP contribution in [0.2, 0.25) is 5.02 Å². The fourth-order valence-corrected chi connectivity index (χ4v) is 3.15. The molecule has 118 valence electrons. The van der Waals surface area contributed by atoms with Crippen LogP contribution < -0.4 is 5.32 Å². The summed E-state index contributed by atoms with van der Waals surface area (Å²) in [5.41, 5.74) is 0.366. The SMILES string of the molecule is O=C(NCCc1ccc(Cl)cc1)C1(C(=O)N2CCCC2)CC1. The van der Waals surface area contributed by atoms with Crippen molar-refractivity contribution in [3.05, 3.63) is 34.9 Å². The Labute approximate surface area is 135 Å². The molecule has 2 aliphatic rings. The molecule has 1 saturated heterocycles. The molecule has 0 radical (unpaired) electrons. The molecule has 1 aliphatic heterocycles. The zero-order chi connectivity index (χ0) is 15.6. The van der Waals surface area contributed by atoms with Gasteiger partial charge in [-0.3, -0.25) is 9.59 Å². The predicted octanol–water partition coefficient (Wildman–Crippen LogP) is 2.40. The Balaban J connectivity index is 1.51. The molecule has 0 unspecified atom stereocenters. The van der Waals surface area contributed by atoms with Gasteiger partial charge in [-0.2, -0.15) is 0 Å². The van der Waals surface area contributed by atoms with Gasteiger partial charge in [0, 0.05) is 24.7 Å². The first kappa shape index (κ1) is 15.3. The number of carbonyl (C=O) groups excluding carboxylic acids is 2. The van der Waals surface area contributed by atoms with Gasteiger partial charge in [-0.25, -0.2) is 0 Å². The lowest BCUT2D eigenvalue weighted by molar-refractivity contribution is -0.143. The van der Waals surface area contributed by atoms with Gasteiger partial charge < -0.3 is 10.2 Å². The van der Waals surface area contributed by atoms with Crippen molar-refractivity contribution in [3.63, 3.8) is 0 Å². The highest BCUT2D eigenvalue weighted by Gasteiger charge is 2.57. The van der Waals surface area contributed by atoms with E-state index in [-0.39, 0.29) is 11.8 Å². The minimum absolute atomic E-state index is 0.0361. The molecule has 2 amide bonds. The number of benzene rings is 1. The number of rotatable bonds is 5. The molecule has 1 aliphatic carbocycles. The van der Waals surface area contributed by atoms with Crippen LogP contribution in [-0.2, 0) is 16.0 Å². The molecule has 5 heteroatoms. The van der Waals surface area contributed by atoms with Crippen LogP contribution >= 0.6 is 11.6 Å². The van der Waals surface area contributed by atoms with Crippen molar-refractivity contribution in [2.45, 2.75) is 32.1 Å². The van der Waals surface area contributed by atoms with Crippen molar-refractivity contribution in [1.82, 2.24) is 10.2 Å². The summed E-state index contributed by atoms with van der Waals surface area (Å²) in [6, 6.07) is 7.60. The van der Waals surface area contributed by atoms with E-state index in [0.29, 0.717) is 24.4 Å². The lowest BCUT2D eigenvalue weighted by Gasteiger charge is -2.22. The van der Waals surface area contributed by atoms with Crippen molar-refractivity contribution >= 4 is 23.4 Å². The quantitative estimate of drug-likeness (QED) is 0.847. The lowest BCUT2D eigenvalue weighted by atomic mass is 10.0. The maximum absolute atomic E-state index is 12.5. The zero-order valence-corrected chi connectivity index (χ0v) is 13.4. The van der Waals surface area contributed by atoms with E-state index in [9.17, 15) is 9.59 Å². The van der Waals surface area contributed by atoms with Crippen molar-refractivity contribution in [2.24, 2.45) is 5.41 Å². The molecule has 1 N–H and O–H groups in total. The van der Waals surface area contributed by atoms with Crippen LogP contribution in [0.3, 0.4) is 0 Å². The van der Waals surface area contributed by atoms with E-state index in [2.05, 4.69) is 5.32 Å². The molecule has 0 aromatic heterocycles. The average molecular weight is 321 g/mol. The molecule has 0 atom stereocenters. The Morgan fingerprint density at radius 2 is 1.77 bits per heavy atom. The molecular formula is C17H21ClN2O2. The summed E-state index contributed by atoms with van der Waals surface area (Å²) < 4.78 is 0. The van der Waals surface area contributed by atoms with E-state index in [1.807, 2.05) is 29.2 Å². The van der Waals surface area contributed by atoms with E-state index in [0.717, 1.165) is 37.9 Å². The Bertz CT molecular complexity index is 561. The first-order chi connectivity index (χ1) is 10.6. The third kappa shape index (κ3) is 3.12. The molecule has 4 nitrogen and oxygen atoms in total. The summed E-state index contributed by atoms with van der Waals surface area (Å²) >= 11 is 5.85. The van der Waals surface area contributed by atoms with E-state index >= 15 is 0 Å². The van der Waals surface area contributed by atoms with Gasteiger partial charge in [0.05, 0.1) is 0 Å². The number of nitrogens with zero attached hydrogens (tertiary/aromatic N) is 1. The number of hydrogen-bond acceptors (Lipinski definition) is 2. The second-order valence-electron chi connectivity index (χ2n) is 6.21. The smallest absolute Gasteiger partial charge is 0.238 e. The van der Waals surface area contributed by atoms with Gasteiger partial charge in [0.1, 0.15) is 5.41 Å². The van der Waals surface area contributed by atoms with Crippen LogP contribution in [0, 0.1) is 5.41 Å². The maximum Gasteiger partial charge on any atom is 0.238 e. The van der Waals surface area contributed by atoms with Gasteiger partial charge in [0.2, 0.25) is 11.8 Å². The Kier molecular flexibility index (Phi) is 4.39. The van der Waals surface area contributed by atoms with Gasteiger partial charge in [0.15, 0.2) is 0 Å². The third-order valence-corrected chi connectivity index (χ3v) is 4.85. The largest absolute Gasteiger partial charge is 0.355 e. The summed E-state index contributed by atoms with van der Waals surface area (Å²) in [6.45, 7) is 2.16. The van der Waals surface area contributed by atoms with Gasteiger partial charge in [-0.05, 0) is 49.8 Å². The number of halogens is 1. The van der Waals surface area contributed by atoms with E-state index in [4.69, 9.17) is 11.6 Å². The van der Waals surface area contributed by atoms with Gasteiger partial charge in [0.25, 0.3) is 0 Å². The predicted molar refractivity (Wildman–Crippen MR) is 85.6 cm³/mol. The number of likely N-dealkylation sites (tertiary alicyclic amines) is 1. The number of carbonyl (C=O) groups is 2. The summed E-state index contributed by atoms with van der Waals surface area (Å²) in [5, 5.41) is 3.64. The van der Waals surface area contributed by atoms with Crippen LogP contribution in [0.15, 0.2) is 24.3 Å². The Morgan fingerprint density at radius 3 is 2.36 bits per heavy atom. The van der Waals surface area contributed by atoms with Crippen molar-refractivity contribution in [3.8, 4) is 0 Å². The van der Waals surface area contributed by atoms with Crippen molar-refractivity contribution in [1.29, 1.82) is 0 Å². The molecule has 22 heavy (non-hydrogen) atoms. The summed E-state index contributed by atoms with van der Waals surface area (Å²) in [5.74, 6) is -0.0626. The molecule has 0 bridgehead atoms. The highest BCUT2D eigenvalue weighted by atomic mass is 35.5. The fraction of sp³-hybridized carbons (Fsp3) is 0.529. The molecule has 1 aromatic carbocycles. The van der Waals surface area contributed by atoms with Crippen molar-refractivity contribution in [2.75, 3.05) is 19.6 Å². The van der Waals surface area contributed by atoms with E-state index < -0.39 is 5.41 Å². The molecule has 0 spiro atoms. The topological polar surface area (TPSA) is 49.4 Å². The summed E-state index contributed by atoms with van der Waals surface area (Å²) in [7, 11) is 0. The first-order valence-electron chi connectivity index (χ1n) is 7.94. The van der Waals surface area contributed by atoms with Crippen LogP contribution in [-0.4, -0.2) is 36.3 Å². The summed E-state index contributed by atoms with van der Waals surface area (Å²) in [6.07, 6.45) is 4.24. The van der Waals surface area contributed by atoms with Gasteiger partial charge in [-0.1, -0.05) is 23.7 Å². The van der Waals surface area contributed by atoms with E-state index in [1.54, 1.807) is 0 Å². The summed E-state index contributed by atoms with van der Waals surface area (Å²) in [4.78, 5) is 26.7. The molecule has 2 fully saturated rings. The maximum atomic E-state index is 12.5. The molecule has 1 heterocycles. The highest BCUT2D eigenvalue weighted by molar-refractivity contribution is 6.30. The Morgan fingerprint density at radius 1 is 1.14 bits per heavy atom. The number of amides is 2. The lowest BCUT2D eigenvalue weighted by Crippen LogP contribution is -2.44.